The molecule has 0 aliphatic carbocycles. The molecule has 7 nitrogen and oxygen atoms in total. The summed E-state index contributed by atoms with van der Waals surface area (Å²) in [6, 6.07) is 25.6. The quantitative estimate of drug-likeness (QED) is 0.165. The number of hydrogen-bond acceptors (Lipinski definition) is 6. The summed E-state index contributed by atoms with van der Waals surface area (Å²) in [4.78, 5) is 31.2. The molecule has 1 saturated heterocycles. The molecule has 0 atom stereocenters. The Kier molecular flexibility index (Phi) is 6.26. The largest absolute Gasteiger partial charge is 0.457 e. The van der Waals surface area contributed by atoms with E-state index in [0.717, 1.165) is 16.9 Å². The predicted octanol–water partition coefficient (Wildman–Crippen LogP) is 7.28. The normalized spacial score (nSPS) is 15.7. The summed E-state index contributed by atoms with van der Waals surface area (Å²) in [5, 5.41) is 11.9. The fourth-order valence-corrected chi connectivity index (χ4v) is 4.95. The van der Waals surface area contributed by atoms with Gasteiger partial charge >= 0.3 is 0 Å². The van der Waals surface area contributed by atoms with Gasteiger partial charge in [0.1, 0.15) is 11.5 Å². The predicted molar refractivity (Wildman–Crippen MR) is 143 cm³/mol. The van der Waals surface area contributed by atoms with Crippen molar-refractivity contribution >= 4 is 46.0 Å². The summed E-state index contributed by atoms with van der Waals surface area (Å²) >= 11 is 1.27. The third kappa shape index (κ3) is 4.58. The summed E-state index contributed by atoms with van der Waals surface area (Å²) in [5.41, 5.74) is 3.59. The molecule has 5 rings (SSSR count). The van der Waals surface area contributed by atoms with Crippen molar-refractivity contribution in [2.24, 2.45) is 4.99 Å². The fourth-order valence-electron chi connectivity index (χ4n) is 3.97. The van der Waals surface area contributed by atoms with Crippen molar-refractivity contribution in [2.45, 2.75) is 13.8 Å². The molecule has 0 saturated carbocycles. The molecule has 1 aliphatic rings. The van der Waals surface area contributed by atoms with Crippen molar-refractivity contribution in [1.29, 1.82) is 0 Å². The molecule has 4 aromatic rings. The summed E-state index contributed by atoms with van der Waals surface area (Å²) in [6.45, 7) is 3.59. The molecular weight excluding hydrogens is 474 g/mol. The molecule has 178 valence electrons. The highest BCUT2D eigenvalue weighted by Gasteiger charge is 2.35. The van der Waals surface area contributed by atoms with Crippen LogP contribution in [0.25, 0.3) is 17.4 Å². The minimum Gasteiger partial charge on any atom is -0.457 e. The van der Waals surface area contributed by atoms with Gasteiger partial charge in [0.15, 0.2) is 5.17 Å². The van der Waals surface area contributed by atoms with Crippen LogP contribution >= 0.6 is 11.8 Å². The Balaban J connectivity index is 1.51. The highest BCUT2D eigenvalue weighted by atomic mass is 32.2. The van der Waals surface area contributed by atoms with Gasteiger partial charge in [0.2, 0.25) is 0 Å². The topological polar surface area (TPSA) is 89.0 Å². The van der Waals surface area contributed by atoms with Crippen molar-refractivity contribution in [3.05, 3.63) is 117 Å². The minimum absolute atomic E-state index is 0.0358. The Morgan fingerprint density at radius 3 is 2.33 bits per heavy atom. The van der Waals surface area contributed by atoms with Crippen LogP contribution in [-0.2, 0) is 4.79 Å². The number of thioether (sulfide) groups is 1. The Morgan fingerprint density at radius 2 is 1.64 bits per heavy atom. The molecule has 1 fully saturated rings. The van der Waals surface area contributed by atoms with Crippen molar-refractivity contribution < 1.29 is 14.1 Å². The molecule has 8 heteroatoms. The Hall–Kier alpha value is -4.43. The first kappa shape index (κ1) is 23.3. The van der Waals surface area contributed by atoms with Crippen LogP contribution < -0.4 is 4.90 Å². The van der Waals surface area contributed by atoms with Crippen LogP contribution in [-0.4, -0.2) is 16.0 Å². The van der Waals surface area contributed by atoms with E-state index in [4.69, 9.17) is 9.41 Å². The molecule has 0 bridgehead atoms. The average Bonchev–Trinajstić information content (AvgIpc) is 3.44. The number of nitro groups is 1. The van der Waals surface area contributed by atoms with E-state index in [9.17, 15) is 14.9 Å². The molecule has 3 aromatic carbocycles. The monoisotopic (exact) mass is 495 g/mol. The number of amides is 1. The van der Waals surface area contributed by atoms with Crippen LogP contribution in [0.4, 0.5) is 17.1 Å². The zero-order valence-corrected chi connectivity index (χ0v) is 20.4. The number of amidine groups is 1. The van der Waals surface area contributed by atoms with Gasteiger partial charge in [0.05, 0.1) is 21.2 Å². The standard InChI is InChI=1S/C28H21N3O4S/c1-18-15-19(2)24(31(33)34)17-23(18)25-14-13-22(35-25)16-26-27(32)30(21-11-7-4-8-12-21)28(36-26)29-20-9-5-3-6-10-20/h3-17H,1-2H3/b26-16+,29-28?. The molecule has 0 unspecified atom stereocenters. The van der Waals surface area contributed by atoms with Gasteiger partial charge in [-0.25, -0.2) is 4.99 Å². The minimum atomic E-state index is -0.399. The lowest BCUT2D eigenvalue weighted by Crippen LogP contribution is -2.28. The molecule has 1 aromatic heterocycles. The zero-order valence-electron chi connectivity index (χ0n) is 19.5. The van der Waals surface area contributed by atoms with Crippen LogP contribution in [0.15, 0.2) is 99.2 Å². The lowest BCUT2D eigenvalue weighted by Gasteiger charge is -2.15. The maximum atomic E-state index is 13.4. The van der Waals surface area contributed by atoms with Gasteiger partial charge < -0.3 is 4.42 Å². The molecule has 0 N–H and O–H groups in total. The van der Waals surface area contributed by atoms with Gasteiger partial charge in [-0.15, -0.1) is 0 Å². The number of furan rings is 1. The number of nitrogens with zero attached hydrogens (tertiary/aromatic N) is 3. The number of rotatable bonds is 5. The second kappa shape index (κ2) is 9.67. The maximum Gasteiger partial charge on any atom is 0.273 e. The summed E-state index contributed by atoms with van der Waals surface area (Å²) in [7, 11) is 0. The van der Waals surface area contributed by atoms with Gasteiger partial charge in [-0.2, -0.15) is 0 Å². The number of carbonyl (C=O) groups is 1. The van der Waals surface area contributed by atoms with Crippen molar-refractivity contribution in [3.8, 4) is 11.3 Å². The molecule has 1 amide bonds. The Bertz CT molecular complexity index is 1530. The molecule has 0 spiro atoms. The molecular formula is C28H21N3O4S. The highest BCUT2D eigenvalue weighted by Crippen LogP contribution is 2.38. The first-order valence-electron chi connectivity index (χ1n) is 11.2. The number of nitro benzene ring substituents is 1. The van der Waals surface area contributed by atoms with E-state index in [1.807, 2.05) is 67.6 Å². The van der Waals surface area contributed by atoms with Gasteiger partial charge in [-0.1, -0.05) is 36.4 Å². The summed E-state index contributed by atoms with van der Waals surface area (Å²) < 4.78 is 6.01. The summed E-state index contributed by atoms with van der Waals surface area (Å²) in [6.07, 6.45) is 1.68. The van der Waals surface area contributed by atoms with Gasteiger partial charge in [0, 0.05) is 23.3 Å². The lowest BCUT2D eigenvalue weighted by molar-refractivity contribution is -0.385. The van der Waals surface area contributed by atoms with Crippen LogP contribution in [0, 0.1) is 24.0 Å². The molecule has 2 heterocycles. The van der Waals surface area contributed by atoms with Crippen LogP contribution in [0.5, 0.6) is 0 Å². The fraction of sp³-hybridized carbons (Fsp3) is 0.0714. The third-order valence-electron chi connectivity index (χ3n) is 5.71. The van der Waals surface area contributed by atoms with Crippen LogP contribution in [0.2, 0.25) is 0 Å². The number of benzene rings is 3. The van der Waals surface area contributed by atoms with Crippen molar-refractivity contribution in [2.75, 3.05) is 4.90 Å². The third-order valence-corrected chi connectivity index (χ3v) is 6.68. The number of aliphatic imine (C=N–C) groups is 1. The number of carbonyl (C=O) groups excluding carboxylic acids is 1. The van der Waals surface area contributed by atoms with Gasteiger partial charge in [-0.3, -0.25) is 19.8 Å². The number of anilines is 1. The number of para-hydroxylation sites is 2. The van der Waals surface area contributed by atoms with E-state index in [0.29, 0.717) is 32.7 Å². The van der Waals surface area contributed by atoms with Crippen molar-refractivity contribution in [1.82, 2.24) is 0 Å². The first-order valence-corrected chi connectivity index (χ1v) is 12.0. The highest BCUT2D eigenvalue weighted by molar-refractivity contribution is 8.19. The van der Waals surface area contributed by atoms with Crippen LogP contribution in [0.1, 0.15) is 16.9 Å². The van der Waals surface area contributed by atoms with E-state index in [2.05, 4.69) is 0 Å². The van der Waals surface area contributed by atoms with E-state index in [1.54, 1.807) is 36.1 Å². The Labute approximate surface area is 211 Å². The van der Waals surface area contributed by atoms with Crippen LogP contribution in [0.3, 0.4) is 0 Å². The van der Waals surface area contributed by atoms with E-state index < -0.39 is 4.92 Å². The zero-order chi connectivity index (χ0) is 25.2. The lowest BCUT2D eigenvalue weighted by atomic mass is 10.0. The maximum absolute atomic E-state index is 13.4. The van der Waals surface area contributed by atoms with Gasteiger partial charge in [-0.05, 0) is 73.6 Å². The van der Waals surface area contributed by atoms with E-state index in [-0.39, 0.29) is 11.6 Å². The first-order chi connectivity index (χ1) is 17.4. The smallest absolute Gasteiger partial charge is 0.273 e. The summed E-state index contributed by atoms with van der Waals surface area (Å²) in [5.74, 6) is 0.759. The second-order valence-corrected chi connectivity index (χ2v) is 9.24. The van der Waals surface area contributed by atoms with E-state index >= 15 is 0 Å². The average molecular weight is 496 g/mol. The molecule has 36 heavy (non-hydrogen) atoms. The molecule has 1 aliphatic heterocycles. The second-order valence-electron chi connectivity index (χ2n) is 8.23. The Morgan fingerprint density at radius 1 is 0.944 bits per heavy atom. The van der Waals surface area contributed by atoms with Gasteiger partial charge in [0.25, 0.3) is 11.6 Å². The number of hydrogen-bond donors (Lipinski definition) is 0. The SMILES string of the molecule is Cc1cc(C)c([N+](=O)[O-])cc1-c1ccc(/C=C2/SC(=Nc3ccccc3)N(c3ccccc3)C2=O)o1. The van der Waals surface area contributed by atoms with E-state index in [1.165, 1.54) is 17.8 Å². The number of aryl methyl sites for hydroxylation is 2. The van der Waals surface area contributed by atoms with Crippen molar-refractivity contribution in [3.63, 3.8) is 0 Å². The molecule has 0 radical (unpaired) electrons.